The zero-order valence-electron chi connectivity index (χ0n) is 16.3. The summed E-state index contributed by atoms with van der Waals surface area (Å²) >= 11 is 0. The maximum Gasteiger partial charge on any atom is 0.387 e. The number of carbonyl (C=O) groups excluding carboxylic acids is 1. The highest BCUT2D eigenvalue weighted by Crippen LogP contribution is 2.22. The molecule has 0 bridgehead atoms. The first-order chi connectivity index (χ1) is 14.0. The number of carbonyl (C=O) groups is 1. The topological polar surface area (TPSA) is 54.9 Å². The van der Waals surface area contributed by atoms with Gasteiger partial charge in [-0.3, -0.25) is 4.79 Å². The fraction of sp³-hybridized carbons (Fsp3) is 0.261. The van der Waals surface area contributed by atoms with Crippen LogP contribution in [0.15, 0.2) is 66.7 Å². The smallest absolute Gasteiger partial charge is 0.387 e. The summed E-state index contributed by atoms with van der Waals surface area (Å²) in [5.41, 5.74) is 2.15. The maximum atomic E-state index is 12.2. The van der Waals surface area contributed by atoms with Crippen LogP contribution in [0.3, 0.4) is 0 Å². The quantitative estimate of drug-likeness (QED) is 0.579. The van der Waals surface area contributed by atoms with E-state index in [1.807, 2.05) is 23.5 Å². The van der Waals surface area contributed by atoms with Gasteiger partial charge in [-0.2, -0.15) is 8.78 Å². The number of alkyl halides is 2. The van der Waals surface area contributed by atoms with Gasteiger partial charge in [-0.15, -0.1) is 0 Å². The number of hydrogen-bond donors (Lipinski definition) is 2. The third kappa shape index (κ3) is 5.99. The molecule has 3 aromatic carbocycles. The van der Waals surface area contributed by atoms with Crippen molar-refractivity contribution >= 4 is 16.7 Å². The maximum absolute atomic E-state index is 12.2. The SMILES string of the molecule is C[C@@H]([NH2+]CC(=O)NCCc1ccc(OC(F)F)cc1)c1cccc2ccccc12. The Bertz CT molecular complexity index is 940. The van der Waals surface area contributed by atoms with Gasteiger partial charge in [0.1, 0.15) is 11.8 Å². The molecule has 29 heavy (non-hydrogen) atoms. The summed E-state index contributed by atoms with van der Waals surface area (Å²) in [6.07, 6.45) is 0.625. The molecule has 0 spiro atoms. The highest BCUT2D eigenvalue weighted by molar-refractivity contribution is 5.85. The second-order valence-corrected chi connectivity index (χ2v) is 6.92. The van der Waals surface area contributed by atoms with Crippen molar-refractivity contribution in [1.29, 1.82) is 0 Å². The highest BCUT2D eigenvalue weighted by Gasteiger charge is 2.14. The van der Waals surface area contributed by atoms with Crippen LogP contribution in [0.1, 0.15) is 24.1 Å². The van der Waals surface area contributed by atoms with Gasteiger partial charge >= 0.3 is 6.61 Å². The lowest BCUT2D eigenvalue weighted by Gasteiger charge is -2.14. The predicted octanol–water partition coefficient (Wildman–Crippen LogP) is 3.42. The predicted molar refractivity (Wildman–Crippen MR) is 109 cm³/mol. The Kier molecular flexibility index (Phi) is 7.14. The number of rotatable bonds is 9. The van der Waals surface area contributed by atoms with E-state index in [0.29, 0.717) is 19.5 Å². The second-order valence-electron chi connectivity index (χ2n) is 6.92. The Hall–Kier alpha value is -2.99. The van der Waals surface area contributed by atoms with Crippen molar-refractivity contribution in [2.24, 2.45) is 0 Å². The molecule has 0 unspecified atom stereocenters. The molecule has 4 nitrogen and oxygen atoms in total. The second kappa shape index (κ2) is 9.98. The lowest BCUT2D eigenvalue weighted by Crippen LogP contribution is -2.87. The lowest BCUT2D eigenvalue weighted by molar-refractivity contribution is -0.682. The van der Waals surface area contributed by atoms with Crippen molar-refractivity contribution in [3.63, 3.8) is 0 Å². The molecule has 0 fully saturated rings. The first-order valence-electron chi connectivity index (χ1n) is 9.64. The van der Waals surface area contributed by atoms with Gasteiger partial charge in [0.15, 0.2) is 6.54 Å². The van der Waals surface area contributed by atoms with Crippen molar-refractivity contribution in [1.82, 2.24) is 5.32 Å². The molecule has 0 saturated carbocycles. The van der Waals surface area contributed by atoms with Gasteiger partial charge in [0.25, 0.3) is 5.91 Å². The molecule has 0 saturated heterocycles. The molecule has 0 heterocycles. The summed E-state index contributed by atoms with van der Waals surface area (Å²) in [4.78, 5) is 12.2. The van der Waals surface area contributed by atoms with Gasteiger partial charge in [0.05, 0.1) is 0 Å². The number of benzene rings is 3. The van der Waals surface area contributed by atoms with Crippen molar-refractivity contribution < 1.29 is 23.6 Å². The van der Waals surface area contributed by atoms with E-state index >= 15 is 0 Å². The summed E-state index contributed by atoms with van der Waals surface area (Å²) in [5.74, 6) is 0.0968. The average Bonchev–Trinajstić information content (AvgIpc) is 2.72. The number of nitrogens with two attached hydrogens (primary N) is 1. The Morgan fingerprint density at radius 2 is 1.76 bits per heavy atom. The first-order valence-corrected chi connectivity index (χ1v) is 9.64. The van der Waals surface area contributed by atoms with Crippen LogP contribution in [0, 0.1) is 0 Å². The van der Waals surface area contributed by atoms with Crippen LogP contribution in [0.25, 0.3) is 10.8 Å². The van der Waals surface area contributed by atoms with E-state index < -0.39 is 6.61 Å². The molecule has 0 aliphatic rings. The molecule has 0 radical (unpaired) electrons. The molecule has 3 rings (SSSR count). The highest BCUT2D eigenvalue weighted by atomic mass is 19.3. The van der Waals surface area contributed by atoms with Gasteiger partial charge in [0.2, 0.25) is 0 Å². The van der Waals surface area contributed by atoms with E-state index in [4.69, 9.17) is 0 Å². The summed E-state index contributed by atoms with van der Waals surface area (Å²) in [5, 5.41) is 7.32. The van der Waals surface area contributed by atoms with Crippen LogP contribution in [0.5, 0.6) is 5.75 Å². The van der Waals surface area contributed by atoms with Crippen LogP contribution >= 0.6 is 0 Å². The van der Waals surface area contributed by atoms with Crippen LogP contribution in [-0.2, 0) is 11.2 Å². The number of hydrogen-bond acceptors (Lipinski definition) is 2. The fourth-order valence-electron chi connectivity index (χ4n) is 3.31. The summed E-state index contributed by atoms with van der Waals surface area (Å²) in [7, 11) is 0. The zero-order chi connectivity index (χ0) is 20.6. The normalized spacial score (nSPS) is 12.1. The minimum absolute atomic E-state index is 0.0326. The van der Waals surface area contributed by atoms with E-state index in [2.05, 4.69) is 41.2 Å². The van der Waals surface area contributed by atoms with Crippen LogP contribution in [-0.4, -0.2) is 25.6 Å². The third-order valence-electron chi connectivity index (χ3n) is 4.86. The van der Waals surface area contributed by atoms with Gasteiger partial charge in [-0.25, -0.2) is 0 Å². The van der Waals surface area contributed by atoms with Crippen molar-refractivity contribution in [3.05, 3.63) is 77.9 Å². The Morgan fingerprint density at radius 3 is 2.52 bits per heavy atom. The number of quaternary nitrogens is 1. The molecule has 0 aliphatic heterocycles. The van der Waals surface area contributed by atoms with Gasteiger partial charge in [-0.1, -0.05) is 54.6 Å². The number of ether oxygens (including phenoxy) is 1. The molecule has 0 aromatic heterocycles. The Balaban J connectivity index is 1.44. The molecular formula is C23H25F2N2O2+. The molecule has 3 aromatic rings. The van der Waals surface area contributed by atoms with E-state index in [1.165, 1.54) is 28.5 Å². The molecule has 3 N–H and O–H groups in total. The van der Waals surface area contributed by atoms with Crippen molar-refractivity contribution in [3.8, 4) is 5.75 Å². The van der Waals surface area contributed by atoms with E-state index in [1.54, 1.807) is 12.1 Å². The number of amides is 1. The summed E-state index contributed by atoms with van der Waals surface area (Å²) in [6.45, 7) is 0.0984. The zero-order valence-corrected chi connectivity index (χ0v) is 16.3. The first kappa shape index (κ1) is 20.7. The summed E-state index contributed by atoms with van der Waals surface area (Å²) in [6, 6.07) is 21.1. The lowest BCUT2D eigenvalue weighted by atomic mass is 10.00. The van der Waals surface area contributed by atoms with Gasteiger partial charge in [-0.05, 0) is 41.8 Å². The summed E-state index contributed by atoms with van der Waals surface area (Å²) < 4.78 is 28.6. The van der Waals surface area contributed by atoms with Crippen molar-refractivity contribution in [2.75, 3.05) is 13.1 Å². The largest absolute Gasteiger partial charge is 0.435 e. The van der Waals surface area contributed by atoms with E-state index in [9.17, 15) is 13.6 Å². The third-order valence-corrected chi connectivity index (χ3v) is 4.86. The average molecular weight is 399 g/mol. The molecule has 6 heteroatoms. The van der Waals surface area contributed by atoms with Crippen LogP contribution in [0.4, 0.5) is 8.78 Å². The number of fused-ring (bicyclic) bond motifs is 1. The van der Waals surface area contributed by atoms with E-state index in [-0.39, 0.29) is 17.7 Å². The standard InChI is InChI=1S/C23H24F2N2O2/c1-16(20-8-4-6-18-5-2-3-7-21(18)20)27-15-22(28)26-14-13-17-9-11-19(12-10-17)29-23(24)25/h2-12,16,23,27H,13-15H2,1H3,(H,26,28)/p+1/t16-/m1/s1. The molecule has 1 amide bonds. The number of nitrogens with one attached hydrogen (secondary N) is 1. The number of halogens is 2. The van der Waals surface area contributed by atoms with Crippen molar-refractivity contribution in [2.45, 2.75) is 26.0 Å². The molecular weight excluding hydrogens is 374 g/mol. The molecule has 152 valence electrons. The Labute approximate surface area is 168 Å². The van der Waals surface area contributed by atoms with Gasteiger partial charge in [0, 0.05) is 12.1 Å². The molecule has 0 aliphatic carbocycles. The fourth-order valence-corrected chi connectivity index (χ4v) is 3.31. The van der Waals surface area contributed by atoms with Crippen LogP contribution in [0.2, 0.25) is 0 Å². The van der Waals surface area contributed by atoms with E-state index in [0.717, 1.165) is 5.56 Å². The minimum Gasteiger partial charge on any atom is -0.435 e. The molecule has 1 atom stereocenters. The van der Waals surface area contributed by atoms with Crippen LogP contribution < -0.4 is 15.4 Å². The monoisotopic (exact) mass is 399 g/mol. The van der Waals surface area contributed by atoms with Gasteiger partial charge < -0.3 is 15.4 Å². The minimum atomic E-state index is -2.83. The Morgan fingerprint density at radius 1 is 1.03 bits per heavy atom.